The summed E-state index contributed by atoms with van der Waals surface area (Å²) in [6, 6.07) is 16.4. The number of aliphatic hydroxyl groups is 1. The SMILES string of the molecule is O=c1c2ccccc2ncn1C[C@H](O)COc1ccccc1. The number of ether oxygens (including phenoxy) is 1. The molecule has 3 aromatic rings. The number of para-hydroxylation sites is 2. The van der Waals surface area contributed by atoms with Gasteiger partial charge in [-0.15, -0.1) is 0 Å². The molecular weight excluding hydrogens is 280 g/mol. The Morgan fingerprint density at radius 2 is 1.82 bits per heavy atom. The average molecular weight is 296 g/mol. The molecule has 1 aromatic heterocycles. The summed E-state index contributed by atoms with van der Waals surface area (Å²) < 4.78 is 6.89. The fraction of sp³-hybridized carbons (Fsp3) is 0.176. The first-order valence-corrected chi connectivity index (χ1v) is 7.04. The molecule has 0 saturated heterocycles. The monoisotopic (exact) mass is 296 g/mol. The average Bonchev–Trinajstić information content (AvgIpc) is 2.57. The summed E-state index contributed by atoms with van der Waals surface area (Å²) in [4.78, 5) is 16.5. The lowest BCUT2D eigenvalue weighted by Crippen LogP contribution is -2.30. The van der Waals surface area contributed by atoms with Gasteiger partial charge in [0, 0.05) is 0 Å². The maximum Gasteiger partial charge on any atom is 0.261 e. The smallest absolute Gasteiger partial charge is 0.261 e. The molecule has 0 amide bonds. The van der Waals surface area contributed by atoms with Crippen molar-refractivity contribution in [2.45, 2.75) is 12.6 Å². The van der Waals surface area contributed by atoms with Crippen LogP contribution in [-0.2, 0) is 6.54 Å². The van der Waals surface area contributed by atoms with Crippen LogP contribution < -0.4 is 10.3 Å². The minimum absolute atomic E-state index is 0.114. The summed E-state index contributed by atoms with van der Waals surface area (Å²) in [5, 5.41) is 10.6. The lowest BCUT2D eigenvalue weighted by Gasteiger charge is -2.14. The maximum atomic E-state index is 12.3. The second kappa shape index (κ2) is 6.41. The fourth-order valence-corrected chi connectivity index (χ4v) is 2.23. The highest BCUT2D eigenvalue weighted by atomic mass is 16.5. The van der Waals surface area contributed by atoms with E-state index in [9.17, 15) is 9.90 Å². The number of hydrogen-bond acceptors (Lipinski definition) is 4. The lowest BCUT2D eigenvalue weighted by molar-refractivity contribution is 0.0915. The van der Waals surface area contributed by atoms with E-state index in [1.807, 2.05) is 36.4 Å². The Labute approximate surface area is 127 Å². The Kier molecular flexibility index (Phi) is 4.16. The first-order valence-electron chi connectivity index (χ1n) is 7.04. The van der Waals surface area contributed by atoms with Crippen molar-refractivity contribution >= 4 is 10.9 Å². The third-order valence-electron chi connectivity index (χ3n) is 3.32. The van der Waals surface area contributed by atoms with Crippen LogP contribution in [0.25, 0.3) is 10.9 Å². The van der Waals surface area contributed by atoms with Crippen LogP contribution in [0.15, 0.2) is 65.7 Å². The molecule has 0 unspecified atom stereocenters. The van der Waals surface area contributed by atoms with E-state index >= 15 is 0 Å². The molecule has 0 saturated carbocycles. The molecule has 0 aliphatic carbocycles. The molecule has 0 radical (unpaired) electrons. The van der Waals surface area contributed by atoms with E-state index in [-0.39, 0.29) is 18.7 Å². The minimum Gasteiger partial charge on any atom is -0.491 e. The highest BCUT2D eigenvalue weighted by molar-refractivity contribution is 5.76. The summed E-state index contributed by atoms with van der Waals surface area (Å²) in [7, 11) is 0. The summed E-state index contributed by atoms with van der Waals surface area (Å²) in [6.07, 6.45) is 0.664. The first kappa shape index (κ1) is 14.3. The van der Waals surface area contributed by atoms with Crippen molar-refractivity contribution in [1.82, 2.24) is 9.55 Å². The van der Waals surface area contributed by atoms with Gasteiger partial charge >= 0.3 is 0 Å². The van der Waals surface area contributed by atoms with E-state index in [1.54, 1.807) is 18.2 Å². The van der Waals surface area contributed by atoms with Gasteiger partial charge in [-0.1, -0.05) is 30.3 Å². The van der Waals surface area contributed by atoms with Gasteiger partial charge in [-0.3, -0.25) is 9.36 Å². The number of fused-ring (bicyclic) bond motifs is 1. The van der Waals surface area contributed by atoms with Crippen molar-refractivity contribution in [3.05, 3.63) is 71.3 Å². The zero-order chi connectivity index (χ0) is 15.4. The molecule has 1 heterocycles. The van der Waals surface area contributed by atoms with Crippen molar-refractivity contribution in [1.29, 1.82) is 0 Å². The number of hydrogen-bond donors (Lipinski definition) is 1. The number of rotatable bonds is 5. The van der Waals surface area contributed by atoms with E-state index in [1.165, 1.54) is 10.9 Å². The second-order valence-corrected chi connectivity index (χ2v) is 5.00. The van der Waals surface area contributed by atoms with Crippen LogP contribution in [-0.4, -0.2) is 27.4 Å². The standard InChI is InChI=1S/C17H16N2O3/c20-13(11-22-14-6-2-1-3-7-14)10-19-12-18-16-9-5-4-8-15(16)17(19)21/h1-9,12-13,20H,10-11H2/t13-/m0/s1. The van der Waals surface area contributed by atoms with Crippen LogP contribution in [0, 0.1) is 0 Å². The van der Waals surface area contributed by atoms with Crippen molar-refractivity contribution in [2.75, 3.05) is 6.61 Å². The van der Waals surface area contributed by atoms with Gasteiger partial charge in [0.25, 0.3) is 5.56 Å². The molecule has 0 spiro atoms. The van der Waals surface area contributed by atoms with Crippen LogP contribution in [0.1, 0.15) is 0 Å². The molecule has 5 nitrogen and oxygen atoms in total. The minimum atomic E-state index is -0.791. The van der Waals surface area contributed by atoms with Crippen molar-refractivity contribution in [3.8, 4) is 5.75 Å². The van der Waals surface area contributed by atoms with E-state index in [4.69, 9.17) is 4.74 Å². The summed E-state index contributed by atoms with van der Waals surface area (Å²) in [6.45, 7) is 0.257. The predicted octanol–water partition coefficient (Wildman–Crippen LogP) is 1.84. The first-order chi connectivity index (χ1) is 10.7. The second-order valence-electron chi connectivity index (χ2n) is 5.00. The van der Waals surface area contributed by atoms with Gasteiger partial charge in [0.15, 0.2) is 0 Å². The van der Waals surface area contributed by atoms with Crippen molar-refractivity contribution < 1.29 is 9.84 Å². The molecule has 0 aliphatic heterocycles. The Morgan fingerprint density at radius 3 is 2.64 bits per heavy atom. The van der Waals surface area contributed by atoms with Crippen molar-refractivity contribution in [3.63, 3.8) is 0 Å². The zero-order valence-electron chi connectivity index (χ0n) is 11.9. The Bertz CT molecular complexity index is 815. The molecule has 112 valence electrons. The predicted molar refractivity (Wildman–Crippen MR) is 83.9 cm³/mol. The van der Waals surface area contributed by atoms with E-state index in [2.05, 4.69) is 4.98 Å². The van der Waals surface area contributed by atoms with Crippen LogP contribution >= 0.6 is 0 Å². The molecule has 0 fully saturated rings. The van der Waals surface area contributed by atoms with E-state index < -0.39 is 6.10 Å². The molecular formula is C17H16N2O3. The van der Waals surface area contributed by atoms with Crippen LogP contribution in [0.3, 0.4) is 0 Å². The highest BCUT2D eigenvalue weighted by Gasteiger charge is 2.10. The molecule has 0 bridgehead atoms. The Hall–Kier alpha value is -2.66. The molecule has 3 rings (SSSR count). The van der Waals surface area contributed by atoms with Gasteiger partial charge in [-0.25, -0.2) is 4.98 Å². The quantitative estimate of drug-likeness (QED) is 0.780. The van der Waals surface area contributed by atoms with Gasteiger partial charge in [-0.05, 0) is 24.3 Å². The van der Waals surface area contributed by atoms with E-state index in [0.717, 1.165) is 0 Å². The Balaban J connectivity index is 1.70. The topological polar surface area (TPSA) is 64.4 Å². The molecule has 2 aromatic carbocycles. The lowest BCUT2D eigenvalue weighted by atomic mass is 10.2. The van der Waals surface area contributed by atoms with Gasteiger partial charge in [0.1, 0.15) is 18.5 Å². The normalized spacial score (nSPS) is 12.2. The molecule has 22 heavy (non-hydrogen) atoms. The largest absolute Gasteiger partial charge is 0.491 e. The van der Waals surface area contributed by atoms with Gasteiger partial charge < -0.3 is 9.84 Å². The van der Waals surface area contributed by atoms with Gasteiger partial charge in [0.05, 0.1) is 23.8 Å². The number of aromatic nitrogens is 2. The van der Waals surface area contributed by atoms with Crippen molar-refractivity contribution in [2.24, 2.45) is 0 Å². The molecule has 1 atom stereocenters. The molecule has 5 heteroatoms. The highest BCUT2D eigenvalue weighted by Crippen LogP contribution is 2.09. The van der Waals surface area contributed by atoms with Gasteiger partial charge in [0.2, 0.25) is 0 Å². The summed E-state index contributed by atoms with van der Waals surface area (Å²) in [5.74, 6) is 0.686. The third-order valence-corrected chi connectivity index (χ3v) is 3.32. The van der Waals surface area contributed by atoms with Gasteiger partial charge in [-0.2, -0.15) is 0 Å². The number of nitrogens with zero attached hydrogens (tertiary/aromatic N) is 2. The number of benzene rings is 2. The summed E-state index contributed by atoms with van der Waals surface area (Å²) >= 11 is 0. The third kappa shape index (κ3) is 3.15. The van der Waals surface area contributed by atoms with Crippen LogP contribution in [0.2, 0.25) is 0 Å². The van der Waals surface area contributed by atoms with Crippen LogP contribution in [0.5, 0.6) is 5.75 Å². The molecule has 0 aliphatic rings. The summed E-state index contributed by atoms with van der Waals surface area (Å²) in [5.41, 5.74) is 0.489. The number of aliphatic hydroxyl groups excluding tert-OH is 1. The Morgan fingerprint density at radius 1 is 1.09 bits per heavy atom. The fourth-order valence-electron chi connectivity index (χ4n) is 2.23. The van der Waals surface area contributed by atoms with Crippen LogP contribution in [0.4, 0.5) is 0 Å². The molecule has 1 N–H and O–H groups in total. The zero-order valence-corrected chi connectivity index (χ0v) is 11.9. The van der Waals surface area contributed by atoms with E-state index in [0.29, 0.717) is 16.7 Å². The maximum absolute atomic E-state index is 12.3.